The summed E-state index contributed by atoms with van der Waals surface area (Å²) in [6, 6.07) is 19.7. The van der Waals surface area contributed by atoms with E-state index in [1.165, 1.54) is 0 Å². The van der Waals surface area contributed by atoms with E-state index in [0.717, 1.165) is 47.3 Å². The standard InChI is InChI=1S/C20H21N3O/c1-2-3-14-24-20-13-12-18(15-8-4-5-9-16(15)20)22-23-19-11-7-6-10-17(19)21/h4-13H,2-3,14,21H2,1H3/p+1. The number of fused-ring (bicyclic) bond motifs is 1. The minimum Gasteiger partial charge on any atom is -0.493 e. The van der Waals surface area contributed by atoms with Crippen LogP contribution in [0.5, 0.6) is 5.75 Å². The second-order valence-corrected chi connectivity index (χ2v) is 5.64. The van der Waals surface area contributed by atoms with Crippen molar-refractivity contribution in [3.63, 3.8) is 0 Å². The van der Waals surface area contributed by atoms with Crippen LogP contribution in [0.15, 0.2) is 65.8 Å². The molecule has 0 saturated carbocycles. The van der Waals surface area contributed by atoms with E-state index in [9.17, 15) is 0 Å². The average Bonchev–Trinajstić information content (AvgIpc) is 2.62. The number of rotatable bonds is 6. The van der Waals surface area contributed by atoms with Crippen LogP contribution in [0, 0.1) is 0 Å². The minimum atomic E-state index is 0.647. The van der Waals surface area contributed by atoms with Gasteiger partial charge in [-0.05, 0) is 30.7 Å². The second-order valence-electron chi connectivity index (χ2n) is 5.64. The van der Waals surface area contributed by atoms with Crippen molar-refractivity contribution in [2.75, 3.05) is 12.3 Å². The summed E-state index contributed by atoms with van der Waals surface area (Å²) < 4.78 is 5.92. The Balaban J connectivity index is 1.95. The molecule has 0 aliphatic rings. The quantitative estimate of drug-likeness (QED) is 0.408. The lowest BCUT2D eigenvalue weighted by molar-refractivity contribution is -0.431. The van der Waals surface area contributed by atoms with Crippen molar-refractivity contribution < 1.29 is 9.85 Å². The largest absolute Gasteiger partial charge is 0.493 e. The number of nitrogens with one attached hydrogen (secondary N) is 1. The normalized spacial score (nSPS) is 11.2. The van der Waals surface area contributed by atoms with Gasteiger partial charge in [0.05, 0.1) is 17.7 Å². The first-order valence-electron chi connectivity index (χ1n) is 8.25. The summed E-state index contributed by atoms with van der Waals surface area (Å²) >= 11 is 0. The molecule has 3 aromatic carbocycles. The number of anilines is 1. The molecule has 0 fully saturated rings. The highest BCUT2D eigenvalue weighted by atomic mass is 16.5. The van der Waals surface area contributed by atoms with E-state index in [1.807, 2.05) is 48.5 Å². The lowest BCUT2D eigenvalue weighted by atomic mass is 10.1. The highest BCUT2D eigenvalue weighted by Gasteiger charge is 2.10. The minimum absolute atomic E-state index is 0.647. The number of hydrogen-bond donors (Lipinski definition) is 2. The summed E-state index contributed by atoms with van der Waals surface area (Å²) in [5, 5.41) is 9.70. The summed E-state index contributed by atoms with van der Waals surface area (Å²) in [7, 11) is 0. The van der Waals surface area contributed by atoms with Crippen LogP contribution in [0.25, 0.3) is 10.8 Å². The monoisotopic (exact) mass is 320 g/mol. The number of nitrogens with two attached hydrogens (primary N) is 1. The number of unbranched alkanes of at least 4 members (excludes halogenated alkanes) is 1. The molecule has 0 aliphatic carbocycles. The number of hydrogen-bond acceptors (Lipinski definition) is 3. The van der Waals surface area contributed by atoms with Crippen LogP contribution >= 0.6 is 0 Å². The number of nitrogens with zero attached hydrogens (tertiary/aromatic N) is 1. The molecule has 0 aliphatic heterocycles. The molecule has 4 heteroatoms. The molecule has 0 bridgehead atoms. The Bertz CT molecular complexity index is 858. The van der Waals surface area contributed by atoms with Gasteiger partial charge >= 0.3 is 0 Å². The highest BCUT2D eigenvalue weighted by Crippen LogP contribution is 2.29. The van der Waals surface area contributed by atoms with E-state index in [-0.39, 0.29) is 0 Å². The van der Waals surface area contributed by atoms with Gasteiger partial charge in [-0.1, -0.05) is 48.8 Å². The van der Waals surface area contributed by atoms with Crippen LogP contribution in [0.3, 0.4) is 0 Å². The summed E-state index contributed by atoms with van der Waals surface area (Å²) in [6.45, 7) is 2.89. The second kappa shape index (κ2) is 7.59. The van der Waals surface area contributed by atoms with Crippen molar-refractivity contribution >= 4 is 27.8 Å². The van der Waals surface area contributed by atoms with E-state index < -0.39 is 0 Å². The Morgan fingerprint density at radius 2 is 1.71 bits per heavy atom. The van der Waals surface area contributed by atoms with Crippen LogP contribution in [0.1, 0.15) is 19.8 Å². The smallest absolute Gasteiger partial charge is 0.237 e. The van der Waals surface area contributed by atoms with E-state index in [0.29, 0.717) is 5.69 Å². The van der Waals surface area contributed by atoms with Gasteiger partial charge in [-0.15, -0.1) is 0 Å². The van der Waals surface area contributed by atoms with E-state index in [4.69, 9.17) is 10.5 Å². The number of benzene rings is 3. The third kappa shape index (κ3) is 3.54. The first kappa shape index (κ1) is 16.0. The van der Waals surface area contributed by atoms with Gasteiger partial charge in [-0.25, -0.2) is 0 Å². The maximum Gasteiger partial charge on any atom is 0.237 e. The lowest BCUT2D eigenvalue weighted by Gasteiger charge is -2.08. The molecule has 0 heterocycles. The third-order valence-corrected chi connectivity index (χ3v) is 3.87. The van der Waals surface area contributed by atoms with Crippen LogP contribution in [-0.2, 0) is 0 Å². The zero-order valence-corrected chi connectivity index (χ0v) is 13.8. The predicted molar refractivity (Wildman–Crippen MR) is 97.9 cm³/mol. The van der Waals surface area contributed by atoms with E-state index in [2.05, 4.69) is 29.3 Å². The van der Waals surface area contributed by atoms with Crippen molar-refractivity contribution in [2.24, 2.45) is 5.11 Å². The zero-order valence-electron chi connectivity index (χ0n) is 13.8. The molecular weight excluding hydrogens is 298 g/mol. The van der Waals surface area contributed by atoms with Gasteiger partial charge in [0.25, 0.3) is 0 Å². The molecule has 0 atom stereocenters. The van der Waals surface area contributed by atoms with Gasteiger partial charge in [0.1, 0.15) is 5.75 Å². The fraction of sp³-hybridized carbons (Fsp3) is 0.200. The van der Waals surface area contributed by atoms with Crippen molar-refractivity contribution in [2.45, 2.75) is 19.8 Å². The zero-order chi connectivity index (χ0) is 16.8. The predicted octanol–water partition coefficient (Wildman–Crippen LogP) is 4.10. The molecule has 0 aromatic heterocycles. The first-order valence-corrected chi connectivity index (χ1v) is 8.25. The van der Waals surface area contributed by atoms with Gasteiger partial charge in [-0.2, -0.15) is 0 Å². The third-order valence-electron chi connectivity index (χ3n) is 3.87. The van der Waals surface area contributed by atoms with Crippen molar-refractivity contribution in [3.8, 4) is 5.75 Å². The van der Waals surface area contributed by atoms with Crippen LogP contribution < -0.4 is 15.6 Å². The fourth-order valence-corrected chi connectivity index (χ4v) is 2.53. The molecule has 0 amide bonds. The molecule has 3 N–H and O–H groups in total. The Labute approximate surface area is 142 Å². The molecule has 0 spiro atoms. The number of para-hydroxylation sites is 2. The topological polar surface area (TPSA) is 61.6 Å². The molecule has 24 heavy (non-hydrogen) atoms. The summed E-state index contributed by atoms with van der Waals surface area (Å²) in [6.07, 6.45) is 2.17. The maximum atomic E-state index is 5.94. The van der Waals surface area contributed by atoms with Crippen LogP contribution in [0.4, 0.5) is 17.1 Å². The van der Waals surface area contributed by atoms with Gasteiger partial charge < -0.3 is 10.5 Å². The Morgan fingerprint density at radius 3 is 2.50 bits per heavy atom. The first-order chi connectivity index (χ1) is 11.8. The highest BCUT2D eigenvalue weighted by molar-refractivity contribution is 5.95. The molecule has 3 aromatic rings. The number of nitrogen functional groups attached to an aromatic ring is 1. The molecule has 0 saturated heterocycles. The van der Waals surface area contributed by atoms with Gasteiger partial charge in [0.15, 0.2) is 5.69 Å². The van der Waals surface area contributed by atoms with Crippen LogP contribution in [-0.4, -0.2) is 6.61 Å². The fourth-order valence-electron chi connectivity index (χ4n) is 2.53. The van der Waals surface area contributed by atoms with Crippen molar-refractivity contribution in [1.29, 1.82) is 0 Å². The average molecular weight is 320 g/mol. The number of azo groups is 1. The Morgan fingerprint density at radius 1 is 0.958 bits per heavy atom. The molecule has 4 nitrogen and oxygen atoms in total. The van der Waals surface area contributed by atoms with Crippen molar-refractivity contribution in [3.05, 3.63) is 60.7 Å². The molecule has 122 valence electrons. The van der Waals surface area contributed by atoms with Crippen molar-refractivity contribution in [1.82, 2.24) is 0 Å². The molecule has 0 radical (unpaired) electrons. The van der Waals surface area contributed by atoms with Gasteiger partial charge in [0.2, 0.25) is 5.69 Å². The number of ether oxygens (including phenoxy) is 1. The summed E-state index contributed by atoms with van der Waals surface area (Å²) in [5.74, 6) is 0.906. The van der Waals surface area contributed by atoms with Crippen LogP contribution in [0.2, 0.25) is 0 Å². The van der Waals surface area contributed by atoms with E-state index in [1.54, 1.807) is 0 Å². The molecule has 0 unspecified atom stereocenters. The SMILES string of the molecule is CCCCOc1ccc([NH+]=Nc2ccccc2N)c2ccccc12. The molecule has 3 rings (SSSR count). The Hall–Kier alpha value is -2.88. The summed E-state index contributed by atoms with van der Waals surface area (Å²) in [5.41, 5.74) is 8.24. The lowest BCUT2D eigenvalue weighted by Crippen LogP contribution is -2.57. The van der Waals surface area contributed by atoms with Gasteiger partial charge in [0, 0.05) is 16.6 Å². The van der Waals surface area contributed by atoms with Gasteiger partial charge in [-0.3, -0.25) is 0 Å². The van der Waals surface area contributed by atoms with E-state index >= 15 is 0 Å². The summed E-state index contributed by atoms with van der Waals surface area (Å²) in [4.78, 5) is 0. The Kier molecular flexibility index (Phi) is 5.06. The maximum absolute atomic E-state index is 5.94. The molecular formula is C20H22N3O+.